The number of anilines is 1. The van der Waals surface area contributed by atoms with Crippen molar-refractivity contribution in [2.24, 2.45) is 0 Å². The van der Waals surface area contributed by atoms with Crippen LogP contribution in [0.25, 0.3) is 16.6 Å². The van der Waals surface area contributed by atoms with Crippen molar-refractivity contribution in [3.63, 3.8) is 0 Å². The second-order valence-electron chi connectivity index (χ2n) is 6.87. The number of benzene rings is 2. The Morgan fingerprint density at radius 2 is 1.90 bits per heavy atom. The van der Waals surface area contributed by atoms with E-state index in [1.165, 1.54) is 11.8 Å². The number of thioether (sulfide) groups is 1. The van der Waals surface area contributed by atoms with Gasteiger partial charge in [-0.2, -0.15) is 0 Å². The number of hydrogen-bond donors (Lipinski definition) is 1. The SMILES string of the molecule is CCOC(=O)c1cccc(NC(=O)C(CC)Sc2nnc3ccc4ccccc4n23)c1. The molecule has 2 aromatic heterocycles. The van der Waals surface area contributed by atoms with Crippen LogP contribution in [-0.4, -0.2) is 38.3 Å². The van der Waals surface area contributed by atoms with E-state index in [4.69, 9.17) is 4.74 Å². The second kappa shape index (κ2) is 9.18. The van der Waals surface area contributed by atoms with E-state index in [0.29, 0.717) is 29.4 Å². The lowest BCUT2D eigenvalue weighted by atomic mass is 10.2. The highest BCUT2D eigenvalue weighted by atomic mass is 32.2. The molecular weight excluding hydrogens is 412 g/mol. The number of para-hydroxylation sites is 1. The smallest absolute Gasteiger partial charge is 0.338 e. The first-order valence-corrected chi connectivity index (χ1v) is 11.0. The van der Waals surface area contributed by atoms with Crippen molar-refractivity contribution in [3.8, 4) is 0 Å². The molecule has 0 bridgehead atoms. The van der Waals surface area contributed by atoms with Crippen molar-refractivity contribution in [1.82, 2.24) is 14.6 Å². The number of fused-ring (bicyclic) bond motifs is 3. The lowest BCUT2D eigenvalue weighted by Gasteiger charge is -2.14. The van der Waals surface area contributed by atoms with Crippen LogP contribution in [0.15, 0.2) is 65.8 Å². The number of rotatable bonds is 7. The molecule has 0 saturated carbocycles. The summed E-state index contributed by atoms with van der Waals surface area (Å²) in [7, 11) is 0. The number of hydrogen-bond acceptors (Lipinski definition) is 6. The van der Waals surface area contributed by atoms with Crippen molar-refractivity contribution >= 4 is 45.9 Å². The second-order valence-corrected chi connectivity index (χ2v) is 8.04. The molecule has 0 aliphatic carbocycles. The number of amides is 1. The van der Waals surface area contributed by atoms with Gasteiger partial charge in [-0.25, -0.2) is 4.79 Å². The predicted octanol–water partition coefficient (Wildman–Crippen LogP) is 4.57. The van der Waals surface area contributed by atoms with Crippen LogP contribution in [0.5, 0.6) is 0 Å². The normalized spacial score (nSPS) is 12.1. The summed E-state index contributed by atoms with van der Waals surface area (Å²) in [5.74, 6) is -0.577. The summed E-state index contributed by atoms with van der Waals surface area (Å²) in [6, 6.07) is 18.7. The number of ether oxygens (including phenoxy) is 1. The van der Waals surface area contributed by atoms with Crippen LogP contribution in [-0.2, 0) is 9.53 Å². The van der Waals surface area contributed by atoms with E-state index in [0.717, 1.165) is 16.6 Å². The molecule has 1 atom stereocenters. The Kier molecular flexibility index (Phi) is 6.18. The summed E-state index contributed by atoms with van der Waals surface area (Å²) in [6.07, 6.45) is 0.605. The molecule has 1 amide bonds. The lowest BCUT2D eigenvalue weighted by Crippen LogP contribution is -2.25. The highest BCUT2D eigenvalue weighted by molar-refractivity contribution is 8.00. The van der Waals surface area contributed by atoms with Crippen LogP contribution in [0.2, 0.25) is 0 Å². The third-order valence-corrected chi connectivity index (χ3v) is 6.11. The summed E-state index contributed by atoms with van der Waals surface area (Å²) < 4.78 is 7.00. The third kappa shape index (κ3) is 4.39. The zero-order valence-electron chi connectivity index (χ0n) is 17.2. The molecule has 2 aromatic carbocycles. The third-order valence-electron chi connectivity index (χ3n) is 4.80. The largest absolute Gasteiger partial charge is 0.462 e. The number of carbonyl (C=O) groups is 2. The van der Waals surface area contributed by atoms with E-state index in [9.17, 15) is 9.59 Å². The van der Waals surface area contributed by atoms with E-state index in [1.807, 2.05) is 47.7 Å². The summed E-state index contributed by atoms with van der Waals surface area (Å²) in [6.45, 7) is 4.00. The Morgan fingerprint density at radius 3 is 2.71 bits per heavy atom. The molecule has 1 N–H and O–H groups in total. The number of nitrogens with zero attached hydrogens (tertiary/aromatic N) is 3. The maximum Gasteiger partial charge on any atom is 0.338 e. The van der Waals surface area contributed by atoms with Crippen LogP contribution in [0.3, 0.4) is 0 Å². The maximum atomic E-state index is 13.0. The van der Waals surface area contributed by atoms with E-state index >= 15 is 0 Å². The van der Waals surface area contributed by atoms with Crippen LogP contribution >= 0.6 is 11.8 Å². The highest BCUT2D eigenvalue weighted by Crippen LogP contribution is 2.28. The van der Waals surface area contributed by atoms with Crippen LogP contribution < -0.4 is 5.32 Å². The Bertz CT molecular complexity index is 1250. The summed E-state index contributed by atoms with van der Waals surface area (Å²) >= 11 is 1.37. The number of nitrogens with one attached hydrogen (secondary N) is 1. The van der Waals surface area contributed by atoms with Crippen molar-refractivity contribution in [3.05, 3.63) is 66.2 Å². The van der Waals surface area contributed by atoms with Gasteiger partial charge in [0.1, 0.15) is 0 Å². The van der Waals surface area contributed by atoms with E-state index in [1.54, 1.807) is 31.2 Å². The van der Waals surface area contributed by atoms with Crippen molar-refractivity contribution in [2.75, 3.05) is 11.9 Å². The van der Waals surface area contributed by atoms with Gasteiger partial charge in [-0.15, -0.1) is 10.2 Å². The molecule has 0 aliphatic rings. The zero-order valence-corrected chi connectivity index (χ0v) is 18.1. The number of aromatic nitrogens is 3. The molecule has 4 rings (SSSR count). The molecule has 0 saturated heterocycles. The van der Waals surface area contributed by atoms with E-state index < -0.39 is 5.97 Å². The van der Waals surface area contributed by atoms with Crippen molar-refractivity contribution < 1.29 is 14.3 Å². The van der Waals surface area contributed by atoms with E-state index in [2.05, 4.69) is 15.5 Å². The minimum atomic E-state index is -0.415. The lowest BCUT2D eigenvalue weighted by molar-refractivity contribution is -0.115. The number of carbonyl (C=O) groups excluding carboxylic acids is 2. The molecular formula is C23H22N4O3S. The minimum absolute atomic E-state index is 0.162. The number of pyridine rings is 1. The fourth-order valence-corrected chi connectivity index (χ4v) is 4.27. The molecule has 4 aromatic rings. The molecule has 8 heteroatoms. The molecule has 31 heavy (non-hydrogen) atoms. The van der Waals surface area contributed by atoms with Gasteiger partial charge in [0.05, 0.1) is 22.9 Å². The molecule has 0 spiro atoms. The summed E-state index contributed by atoms with van der Waals surface area (Å²) in [5, 5.41) is 12.8. The Hall–Kier alpha value is -3.39. The van der Waals surface area contributed by atoms with Gasteiger partial charge in [0.2, 0.25) is 5.91 Å². The summed E-state index contributed by atoms with van der Waals surface area (Å²) in [4.78, 5) is 24.9. The molecule has 0 aliphatic heterocycles. The van der Waals surface area contributed by atoms with Gasteiger partial charge >= 0.3 is 5.97 Å². The molecule has 2 heterocycles. The molecule has 158 valence electrons. The first-order valence-electron chi connectivity index (χ1n) is 10.1. The van der Waals surface area contributed by atoms with E-state index in [-0.39, 0.29) is 11.2 Å². The average molecular weight is 435 g/mol. The first-order chi connectivity index (χ1) is 15.1. The Morgan fingerprint density at radius 1 is 1.06 bits per heavy atom. The fraction of sp³-hybridized carbons (Fsp3) is 0.217. The van der Waals surface area contributed by atoms with Crippen molar-refractivity contribution in [2.45, 2.75) is 30.7 Å². The molecule has 7 nitrogen and oxygen atoms in total. The fourth-order valence-electron chi connectivity index (χ4n) is 3.30. The first kappa shape index (κ1) is 20.9. The topological polar surface area (TPSA) is 85.6 Å². The standard InChI is InChI=1S/C23H22N4O3S/c1-3-19(21(28)24-17-10-7-9-16(14-17)22(29)30-4-2)31-23-26-25-20-13-12-15-8-5-6-11-18(15)27(20)23/h5-14,19H,3-4H2,1-2H3,(H,24,28). The van der Waals surface area contributed by atoms with Gasteiger partial charge in [-0.1, -0.05) is 43.0 Å². The van der Waals surface area contributed by atoms with Gasteiger partial charge < -0.3 is 10.1 Å². The predicted molar refractivity (Wildman–Crippen MR) is 121 cm³/mol. The zero-order chi connectivity index (χ0) is 21.8. The van der Waals surface area contributed by atoms with Gasteiger partial charge in [-0.05, 0) is 55.1 Å². The maximum absolute atomic E-state index is 13.0. The van der Waals surface area contributed by atoms with Gasteiger partial charge in [0.15, 0.2) is 10.8 Å². The Balaban J connectivity index is 1.56. The van der Waals surface area contributed by atoms with Crippen molar-refractivity contribution in [1.29, 1.82) is 0 Å². The van der Waals surface area contributed by atoms with Gasteiger partial charge in [-0.3, -0.25) is 9.20 Å². The molecule has 0 fully saturated rings. The van der Waals surface area contributed by atoms with Gasteiger partial charge in [0.25, 0.3) is 0 Å². The minimum Gasteiger partial charge on any atom is -0.462 e. The average Bonchev–Trinajstić information content (AvgIpc) is 3.21. The summed E-state index contributed by atoms with van der Waals surface area (Å²) in [5.41, 5.74) is 2.67. The Labute approximate surface area is 183 Å². The molecule has 0 radical (unpaired) electrons. The monoisotopic (exact) mass is 434 g/mol. The highest BCUT2D eigenvalue weighted by Gasteiger charge is 2.22. The van der Waals surface area contributed by atoms with Crippen LogP contribution in [0.1, 0.15) is 30.6 Å². The molecule has 1 unspecified atom stereocenters. The quantitative estimate of drug-likeness (QED) is 0.339. The van der Waals surface area contributed by atoms with Gasteiger partial charge in [0, 0.05) is 5.69 Å². The van der Waals surface area contributed by atoms with Crippen LogP contribution in [0.4, 0.5) is 5.69 Å². The van der Waals surface area contributed by atoms with Crippen LogP contribution in [0, 0.1) is 0 Å². The number of esters is 1.